The largest absolute Gasteiger partial charge is 0.349 e. The monoisotopic (exact) mass is 348 g/mol. The van der Waals surface area contributed by atoms with Crippen molar-refractivity contribution in [3.63, 3.8) is 0 Å². The van der Waals surface area contributed by atoms with Crippen molar-refractivity contribution in [1.82, 2.24) is 10.2 Å². The molecule has 1 aliphatic heterocycles. The highest BCUT2D eigenvalue weighted by molar-refractivity contribution is 5.89. The van der Waals surface area contributed by atoms with Gasteiger partial charge in [0.05, 0.1) is 12.0 Å². The number of hydrogen-bond acceptors (Lipinski definition) is 2. The van der Waals surface area contributed by atoms with Crippen LogP contribution in [0.15, 0.2) is 60.7 Å². The molecule has 1 N–H and O–H groups in total. The van der Waals surface area contributed by atoms with Crippen LogP contribution >= 0.6 is 0 Å². The van der Waals surface area contributed by atoms with Crippen LogP contribution in [0.2, 0.25) is 0 Å². The molecule has 4 rings (SSSR count). The van der Waals surface area contributed by atoms with Gasteiger partial charge in [0.25, 0.3) is 0 Å². The normalized spacial score (nSPS) is 20.8. The summed E-state index contributed by atoms with van der Waals surface area (Å²) >= 11 is 0. The van der Waals surface area contributed by atoms with Crippen LogP contribution in [0.1, 0.15) is 36.4 Å². The zero-order valence-electron chi connectivity index (χ0n) is 14.8. The number of likely N-dealkylation sites (tertiary alicyclic amines) is 1. The first-order chi connectivity index (χ1) is 12.7. The van der Waals surface area contributed by atoms with Crippen LogP contribution in [0.4, 0.5) is 0 Å². The molecule has 0 aromatic heterocycles. The summed E-state index contributed by atoms with van der Waals surface area (Å²) in [5, 5.41) is 3.22. The molecule has 4 nitrogen and oxygen atoms in total. The maximum absolute atomic E-state index is 12.8. The van der Waals surface area contributed by atoms with Crippen LogP contribution in [0.5, 0.6) is 0 Å². The fraction of sp³-hybridized carbons (Fsp3) is 0.364. The Morgan fingerprint density at radius 2 is 1.69 bits per heavy atom. The van der Waals surface area contributed by atoms with Gasteiger partial charge in [-0.2, -0.15) is 0 Å². The third kappa shape index (κ3) is 3.79. The van der Waals surface area contributed by atoms with Gasteiger partial charge in [-0.15, -0.1) is 0 Å². The molecule has 1 heterocycles. The van der Waals surface area contributed by atoms with E-state index in [4.69, 9.17) is 0 Å². The third-order valence-corrected chi connectivity index (χ3v) is 5.35. The van der Waals surface area contributed by atoms with Crippen molar-refractivity contribution < 1.29 is 9.59 Å². The Morgan fingerprint density at radius 3 is 2.35 bits per heavy atom. The number of benzene rings is 2. The number of carbonyl (C=O) groups is 2. The van der Waals surface area contributed by atoms with Crippen LogP contribution in [-0.4, -0.2) is 23.3 Å². The third-order valence-electron chi connectivity index (χ3n) is 5.35. The van der Waals surface area contributed by atoms with Gasteiger partial charge in [0.2, 0.25) is 11.8 Å². The molecule has 0 unspecified atom stereocenters. The quantitative estimate of drug-likeness (QED) is 0.871. The number of nitrogens with zero attached hydrogens (tertiary/aromatic N) is 1. The first kappa shape index (κ1) is 16.8. The predicted octanol–water partition coefficient (Wildman–Crippen LogP) is 3.30. The lowest BCUT2D eigenvalue weighted by atomic mass is 10.0. The summed E-state index contributed by atoms with van der Waals surface area (Å²) in [7, 11) is 0. The SMILES string of the molecule is O=C(N[C@@H](c1ccccc1)C1CC1)[C@H]1CC(=O)N(Cc2ccccc2)C1. The van der Waals surface area contributed by atoms with Crippen LogP contribution in [-0.2, 0) is 16.1 Å². The van der Waals surface area contributed by atoms with E-state index in [1.165, 1.54) is 0 Å². The lowest BCUT2D eigenvalue weighted by Gasteiger charge is -2.21. The molecule has 4 heteroatoms. The lowest BCUT2D eigenvalue weighted by molar-refractivity contribution is -0.129. The van der Waals surface area contributed by atoms with Crippen LogP contribution < -0.4 is 5.32 Å². The zero-order valence-corrected chi connectivity index (χ0v) is 14.8. The second-order valence-electron chi connectivity index (χ2n) is 7.40. The van der Waals surface area contributed by atoms with E-state index in [0.717, 1.165) is 24.0 Å². The van der Waals surface area contributed by atoms with Gasteiger partial charge in [-0.05, 0) is 29.9 Å². The summed E-state index contributed by atoms with van der Waals surface area (Å²) in [6.45, 7) is 1.08. The summed E-state index contributed by atoms with van der Waals surface area (Å²) in [5.41, 5.74) is 2.26. The average Bonchev–Trinajstić information content (AvgIpc) is 3.45. The zero-order chi connectivity index (χ0) is 17.9. The van der Waals surface area contributed by atoms with E-state index in [1.807, 2.05) is 48.5 Å². The Balaban J connectivity index is 1.39. The fourth-order valence-electron chi connectivity index (χ4n) is 3.74. The lowest BCUT2D eigenvalue weighted by Crippen LogP contribution is -2.36. The molecule has 134 valence electrons. The minimum absolute atomic E-state index is 0.00895. The molecule has 0 radical (unpaired) electrons. The summed E-state index contributed by atoms with van der Waals surface area (Å²) in [6.07, 6.45) is 2.62. The summed E-state index contributed by atoms with van der Waals surface area (Å²) in [5.74, 6) is 0.349. The molecule has 2 fully saturated rings. The topological polar surface area (TPSA) is 49.4 Å². The van der Waals surface area contributed by atoms with E-state index >= 15 is 0 Å². The first-order valence-electron chi connectivity index (χ1n) is 9.38. The highest BCUT2D eigenvalue weighted by Gasteiger charge is 2.38. The van der Waals surface area contributed by atoms with E-state index in [9.17, 15) is 9.59 Å². The summed E-state index contributed by atoms with van der Waals surface area (Å²) < 4.78 is 0. The Hall–Kier alpha value is -2.62. The van der Waals surface area contributed by atoms with E-state index < -0.39 is 0 Å². The number of carbonyl (C=O) groups excluding carboxylic acids is 2. The van der Waals surface area contributed by atoms with Gasteiger partial charge in [0.15, 0.2) is 0 Å². The van der Waals surface area contributed by atoms with Crippen LogP contribution in [0.25, 0.3) is 0 Å². The fourth-order valence-corrected chi connectivity index (χ4v) is 3.74. The molecule has 2 aromatic carbocycles. The standard InChI is InChI=1S/C22H24N2O2/c25-20-13-19(15-24(20)14-16-7-3-1-4-8-16)22(26)23-21(18-11-12-18)17-9-5-2-6-10-17/h1-10,18-19,21H,11-15H2,(H,23,26)/t19-,21-/m0/s1. The maximum Gasteiger partial charge on any atom is 0.225 e. The van der Waals surface area contributed by atoms with Crippen molar-refractivity contribution in [2.24, 2.45) is 11.8 Å². The molecule has 1 saturated heterocycles. The van der Waals surface area contributed by atoms with Crippen LogP contribution in [0.3, 0.4) is 0 Å². The summed E-state index contributed by atoms with van der Waals surface area (Å²) in [6, 6.07) is 20.2. The number of hydrogen-bond donors (Lipinski definition) is 1. The molecular formula is C22H24N2O2. The van der Waals surface area contributed by atoms with Crippen molar-refractivity contribution in [2.75, 3.05) is 6.54 Å². The number of nitrogens with one attached hydrogen (secondary N) is 1. The van der Waals surface area contributed by atoms with Crippen molar-refractivity contribution in [2.45, 2.75) is 31.8 Å². The van der Waals surface area contributed by atoms with Gasteiger partial charge >= 0.3 is 0 Å². The van der Waals surface area contributed by atoms with E-state index in [-0.39, 0.29) is 23.8 Å². The Kier molecular flexibility index (Phi) is 4.74. The highest BCUT2D eigenvalue weighted by atomic mass is 16.2. The molecule has 26 heavy (non-hydrogen) atoms. The van der Waals surface area contributed by atoms with Crippen molar-refractivity contribution in [1.29, 1.82) is 0 Å². The predicted molar refractivity (Wildman–Crippen MR) is 100 cm³/mol. The second kappa shape index (κ2) is 7.32. The number of rotatable bonds is 6. The van der Waals surface area contributed by atoms with E-state index in [0.29, 0.717) is 25.4 Å². The highest BCUT2D eigenvalue weighted by Crippen LogP contribution is 2.41. The molecule has 0 spiro atoms. The number of amides is 2. The average molecular weight is 348 g/mol. The van der Waals surface area contributed by atoms with E-state index in [2.05, 4.69) is 17.4 Å². The van der Waals surface area contributed by atoms with Gasteiger partial charge in [-0.3, -0.25) is 9.59 Å². The van der Waals surface area contributed by atoms with Crippen molar-refractivity contribution >= 4 is 11.8 Å². The molecule has 2 atom stereocenters. The van der Waals surface area contributed by atoms with Crippen LogP contribution in [0, 0.1) is 11.8 Å². The van der Waals surface area contributed by atoms with Gasteiger partial charge in [0, 0.05) is 19.5 Å². The maximum atomic E-state index is 12.8. The Labute approximate surface area is 154 Å². The molecule has 2 aromatic rings. The first-order valence-corrected chi connectivity index (χ1v) is 9.38. The van der Waals surface area contributed by atoms with E-state index in [1.54, 1.807) is 4.90 Å². The van der Waals surface area contributed by atoms with Gasteiger partial charge in [-0.1, -0.05) is 60.7 Å². The van der Waals surface area contributed by atoms with Gasteiger partial charge in [0.1, 0.15) is 0 Å². The molecule has 2 aliphatic rings. The summed E-state index contributed by atoms with van der Waals surface area (Å²) in [4.78, 5) is 27.0. The molecule has 1 saturated carbocycles. The van der Waals surface area contributed by atoms with Gasteiger partial charge < -0.3 is 10.2 Å². The molecule has 2 amide bonds. The van der Waals surface area contributed by atoms with Gasteiger partial charge in [-0.25, -0.2) is 0 Å². The van der Waals surface area contributed by atoms with Crippen molar-refractivity contribution in [3.05, 3.63) is 71.8 Å². The smallest absolute Gasteiger partial charge is 0.225 e. The minimum atomic E-state index is -0.254. The van der Waals surface area contributed by atoms with Crippen molar-refractivity contribution in [3.8, 4) is 0 Å². The Bertz CT molecular complexity index is 771. The Morgan fingerprint density at radius 1 is 1.04 bits per heavy atom. The minimum Gasteiger partial charge on any atom is -0.349 e. The second-order valence-corrected chi connectivity index (χ2v) is 7.40. The molecule has 0 bridgehead atoms. The molecule has 1 aliphatic carbocycles. The molecular weight excluding hydrogens is 324 g/mol.